The molecule has 0 heterocycles. The summed E-state index contributed by atoms with van der Waals surface area (Å²) in [6.07, 6.45) is -0.360. The normalized spacial score (nSPS) is 9.77. The highest BCUT2D eigenvalue weighted by molar-refractivity contribution is 9.09. The molecule has 78 valence electrons. The van der Waals surface area contributed by atoms with Gasteiger partial charge in [-0.25, -0.2) is 4.79 Å². The highest BCUT2D eigenvalue weighted by Gasteiger charge is 2.12. The predicted octanol–water partition coefficient (Wildman–Crippen LogP) is 2.30. The van der Waals surface area contributed by atoms with Crippen LogP contribution in [0.2, 0.25) is 0 Å². The number of ether oxygens (including phenoxy) is 1. The van der Waals surface area contributed by atoms with Crippen molar-refractivity contribution in [2.75, 3.05) is 36.8 Å². The van der Waals surface area contributed by atoms with E-state index in [0.29, 0.717) is 36.8 Å². The van der Waals surface area contributed by atoms with Crippen molar-refractivity contribution in [3.05, 3.63) is 0 Å². The van der Waals surface area contributed by atoms with Crippen LogP contribution in [0.5, 0.6) is 0 Å². The number of amides is 1. The molecule has 0 N–H and O–H groups in total. The molecule has 0 bridgehead atoms. The Morgan fingerprint density at radius 1 is 1.31 bits per heavy atom. The summed E-state index contributed by atoms with van der Waals surface area (Å²) < 4.78 is 4.88. The zero-order valence-corrected chi connectivity index (χ0v) is 10.2. The quantitative estimate of drug-likeness (QED) is 0.703. The molecule has 0 unspecified atom stereocenters. The standard InChI is InChI=1S/C7H12BrCl2NO2/c8-1-6-13-7(12)11(4-2-9)5-3-10/h1-6H2. The molecule has 0 radical (unpaired) electrons. The highest BCUT2D eigenvalue weighted by atomic mass is 79.9. The lowest BCUT2D eigenvalue weighted by molar-refractivity contribution is 0.113. The lowest BCUT2D eigenvalue weighted by atomic mass is 10.5. The van der Waals surface area contributed by atoms with Gasteiger partial charge in [-0.1, -0.05) is 15.9 Å². The van der Waals surface area contributed by atoms with Crippen molar-refractivity contribution >= 4 is 45.2 Å². The second-order valence-corrected chi connectivity index (χ2v) is 3.72. The SMILES string of the molecule is O=C(OCCBr)N(CCCl)CCCl. The van der Waals surface area contributed by atoms with E-state index in [1.165, 1.54) is 4.90 Å². The lowest BCUT2D eigenvalue weighted by Gasteiger charge is -2.19. The second-order valence-electron chi connectivity index (χ2n) is 2.17. The fraction of sp³-hybridized carbons (Fsp3) is 0.857. The molecule has 3 nitrogen and oxygen atoms in total. The van der Waals surface area contributed by atoms with Crippen molar-refractivity contribution < 1.29 is 9.53 Å². The Morgan fingerprint density at radius 3 is 2.23 bits per heavy atom. The molecule has 0 saturated heterocycles. The van der Waals surface area contributed by atoms with E-state index in [1.807, 2.05) is 0 Å². The smallest absolute Gasteiger partial charge is 0.409 e. The molecular weight excluding hydrogens is 281 g/mol. The predicted molar refractivity (Wildman–Crippen MR) is 58.2 cm³/mol. The molecule has 0 aliphatic heterocycles. The number of alkyl halides is 3. The maximum absolute atomic E-state index is 11.2. The van der Waals surface area contributed by atoms with Crippen LogP contribution in [0.15, 0.2) is 0 Å². The van der Waals surface area contributed by atoms with E-state index in [-0.39, 0.29) is 6.09 Å². The van der Waals surface area contributed by atoms with Crippen molar-refractivity contribution in [2.24, 2.45) is 0 Å². The molecule has 6 heteroatoms. The van der Waals surface area contributed by atoms with Crippen molar-refractivity contribution in [1.82, 2.24) is 4.90 Å². The summed E-state index contributed by atoms with van der Waals surface area (Å²) in [6.45, 7) is 1.30. The average Bonchev–Trinajstić information content (AvgIpc) is 2.14. The zero-order valence-electron chi connectivity index (χ0n) is 7.14. The number of halogens is 3. The summed E-state index contributed by atoms with van der Waals surface area (Å²) in [5.74, 6) is 0.778. The molecular formula is C7H12BrCl2NO2. The Bertz CT molecular complexity index is 142. The summed E-state index contributed by atoms with van der Waals surface area (Å²) in [5.41, 5.74) is 0. The average molecular weight is 293 g/mol. The summed E-state index contributed by atoms with van der Waals surface area (Å²) in [6, 6.07) is 0. The van der Waals surface area contributed by atoms with Crippen LogP contribution in [-0.2, 0) is 4.74 Å². The van der Waals surface area contributed by atoms with Gasteiger partial charge in [-0.05, 0) is 0 Å². The largest absolute Gasteiger partial charge is 0.449 e. The van der Waals surface area contributed by atoms with Gasteiger partial charge in [-0.15, -0.1) is 23.2 Å². The Hall–Kier alpha value is 0.330. The molecule has 0 fully saturated rings. The van der Waals surface area contributed by atoms with Crippen molar-refractivity contribution in [1.29, 1.82) is 0 Å². The number of rotatable bonds is 6. The van der Waals surface area contributed by atoms with E-state index in [1.54, 1.807) is 0 Å². The van der Waals surface area contributed by atoms with Crippen molar-refractivity contribution in [2.45, 2.75) is 0 Å². The minimum Gasteiger partial charge on any atom is -0.449 e. The third-order valence-electron chi connectivity index (χ3n) is 1.27. The van der Waals surface area contributed by atoms with E-state index in [4.69, 9.17) is 27.9 Å². The minimum absolute atomic E-state index is 0.360. The number of carbonyl (C=O) groups is 1. The molecule has 0 saturated carbocycles. The third-order valence-corrected chi connectivity index (χ3v) is 1.93. The number of nitrogens with zero attached hydrogens (tertiary/aromatic N) is 1. The monoisotopic (exact) mass is 291 g/mol. The summed E-state index contributed by atoms with van der Waals surface area (Å²) in [7, 11) is 0. The van der Waals surface area contributed by atoms with Crippen LogP contribution >= 0.6 is 39.1 Å². The van der Waals surface area contributed by atoms with Gasteiger partial charge >= 0.3 is 6.09 Å². The van der Waals surface area contributed by atoms with E-state index >= 15 is 0 Å². The van der Waals surface area contributed by atoms with Crippen LogP contribution in [0.3, 0.4) is 0 Å². The summed E-state index contributed by atoms with van der Waals surface area (Å²) >= 11 is 14.2. The van der Waals surface area contributed by atoms with Crippen LogP contribution < -0.4 is 0 Å². The van der Waals surface area contributed by atoms with E-state index in [9.17, 15) is 4.79 Å². The first kappa shape index (κ1) is 13.3. The fourth-order valence-electron chi connectivity index (χ4n) is 0.716. The maximum Gasteiger partial charge on any atom is 0.409 e. The fourth-order valence-corrected chi connectivity index (χ4v) is 1.29. The van der Waals surface area contributed by atoms with Crippen LogP contribution in [0.1, 0.15) is 0 Å². The van der Waals surface area contributed by atoms with Crippen LogP contribution in [0.25, 0.3) is 0 Å². The van der Waals surface area contributed by atoms with Gasteiger partial charge < -0.3 is 9.64 Å². The second kappa shape index (κ2) is 8.91. The van der Waals surface area contributed by atoms with Crippen LogP contribution in [0, 0.1) is 0 Å². The van der Waals surface area contributed by atoms with Gasteiger partial charge in [-0.3, -0.25) is 0 Å². The maximum atomic E-state index is 11.2. The molecule has 1 amide bonds. The molecule has 0 spiro atoms. The minimum atomic E-state index is -0.360. The molecule has 0 aliphatic rings. The Morgan fingerprint density at radius 2 is 1.85 bits per heavy atom. The van der Waals surface area contributed by atoms with Crippen LogP contribution in [0.4, 0.5) is 4.79 Å². The Labute approximate surface area is 96.4 Å². The molecule has 13 heavy (non-hydrogen) atoms. The van der Waals surface area contributed by atoms with Gasteiger partial charge in [0.05, 0.1) is 0 Å². The molecule has 0 aliphatic carbocycles. The van der Waals surface area contributed by atoms with E-state index < -0.39 is 0 Å². The van der Waals surface area contributed by atoms with E-state index in [2.05, 4.69) is 15.9 Å². The van der Waals surface area contributed by atoms with Gasteiger partial charge in [0.1, 0.15) is 6.61 Å². The van der Waals surface area contributed by atoms with Gasteiger partial charge in [-0.2, -0.15) is 0 Å². The molecule has 0 aromatic heterocycles. The topological polar surface area (TPSA) is 29.5 Å². The zero-order chi connectivity index (χ0) is 10.1. The number of hydrogen-bond donors (Lipinski definition) is 0. The van der Waals surface area contributed by atoms with Gasteiger partial charge in [0, 0.05) is 30.2 Å². The third kappa shape index (κ3) is 6.41. The van der Waals surface area contributed by atoms with E-state index in [0.717, 1.165) is 0 Å². The molecule has 0 aromatic rings. The lowest BCUT2D eigenvalue weighted by Crippen LogP contribution is -2.35. The summed E-state index contributed by atoms with van der Waals surface area (Å²) in [4.78, 5) is 12.7. The highest BCUT2D eigenvalue weighted by Crippen LogP contribution is 1.97. The van der Waals surface area contributed by atoms with Gasteiger partial charge in [0.15, 0.2) is 0 Å². The molecule has 0 atom stereocenters. The summed E-state index contributed by atoms with van der Waals surface area (Å²) in [5, 5.41) is 0.633. The Kier molecular flexibility index (Phi) is 9.13. The molecule has 0 rings (SSSR count). The first-order valence-electron chi connectivity index (χ1n) is 3.85. The number of hydrogen-bond acceptors (Lipinski definition) is 2. The van der Waals surface area contributed by atoms with Gasteiger partial charge in [0.2, 0.25) is 0 Å². The molecule has 0 aromatic carbocycles. The first-order valence-corrected chi connectivity index (χ1v) is 6.05. The van der Waals surface area contributed by atoms with Gasteiger partial charge in [0.25, 0.3) is 0 Å². The Balaban J connectivity index is 3.80. The van der Waals surface area contributed by atoms with Crippen molar-refractivity contribution in [3.63, 3.8) is 0 Å². The van der Waals surface area contributed by atoms with Crippen LogP contribution in [-0.4, -0.2) is 47.8 Å². The van der Waals surface area contributed by atoms with Crippen molar-refractivity contribution in [3.8, 4) is 0 Å². The number of carbonyl (C=O) groups excluding carboxylic acids is 1. The first-order chi connectivity index (χ1) is 6.26.